The number of pyridine rings is 1. The lowest BCUT2D eigenvalue weighted by Gasteiger charge is -2.34. The Hall–Kier alpha value is -1.09. The van der Waals surface area contributed by atoms with Crippen LogP contribution in [0, 0.1) is 0 Å². The molecule has 0 amide bonds. The Morgan fingerprint density at radius 3 is 3.15 bits per heavy atom. The van der Waals surface area contributed by atoms with Gasteiger partial charge in [-0.05, 0) is 19.1 Å². The van der Waals surface area contributed by atoms with E-state index in [1.165, 1.54) is 0 Å². The summed E-state index contributed by atoms with van der Waals surface area (Å²) in [6.45, 7) is 5.39. The van der Waals surface area contributed by atoms with Crippen molar-refractivity contribution in [1.82, 2.24) is 10.3 Å². The molecule has 13 heavy (non-hydrogen) atoms. The van der Waals surface area contributed by atoms with Gasteiger partial charge < -0.3 is 10.2 Å². The maximum Gasteiger partial charge on any atom is 0.128 e. The van der Waals surface area contributed by atoms with Crippen molar-refractivity contribution in [1.29, 1.82) is 0 Å². The summed E-state index contributed by atoms with van der Waals surface area (Å²) in [7, 11) is 0. The molecule has 1 saturated heterocycles. The summed E-state index contributed by atoms with van der Waals surface area (Å²) >= 11 is 0. The number of nitrogens with zero attached hydrogens (tertiary/aromatic N) is 2. The van der Waals surface area contributed by atoms with Crippen LogP contribution in [0.1, 0.15) is 6.92 Å². The molecule has 3 nitrogen and oxygen atoms in total. The van der Waals surface area contributed by atoms with Crippen LogP contribution in [0.2, 0.25) is 0 Å². The van der Waals surface area contributed by atoms with Crippen LogP contribution >= 0.6 is 0 Å². The quantitative estimate of drug-likeness (QED) is 0.690. The Balaban J connectivity index is 2.15. The van der Waals surface area contributed by atoms with Crippen molar-refractivity contribution in [3.8, 4) is 0 Å². The van der Waals surface area contributed by atoms with E-state index in [9.17, 15) is 0 Å². The van der Waals surface area contributed by atoms with E-state index in [1.54, 1.807) is 0 Å². The molecule has 1 aliphatic rings. The molecule has 0 radical (unpaired) electrons. The molecule has 3 heteroatoms. The zero-order valence-corrected chi connectivity index (χ0v) is 7.90. The van der Waals surface area contributed by atoms with Crippen molar-refractivity contribution >= 4 is 5.82 Å². The highest BCUT2D eigenvalue weighted by atomic mass is 15.3. The SMILES string of the molecule is C[C@H]1CNCCN1c1ccccn1. The van der Waals surface area contributed by atoms with Gasteiger partial charge in [-0.2, -0.15) is 0 Å². The molecule has 2 rings (SSSR count). The van der Waals surface area contributed by atoms with Crippen molar-refractivity contribution in [2.24, 2.45) is 0 Å². The van der Waals surface area contributed by atoms with Gasteiger partial charge in [0.15, 0.2) is 0 Å². The molecule has 2 heterocycles. The van der Waals surface area contributed by atoms with Gasteiger partial charge in [0.25, 0.3) is 0 Å². The van der Waals surface area contributed by atoms with E-state index in [0.29, 0.717) is 6.04 Å². The third-order valence-corrected chi connectivity index (χ3v) is 2.44. The second-order valence-corrected chi connectivity index (χ2v) is 3.43. The molecule has 0 bridgehead atoms. The average Bonchev–Trinajstić information content (AvgIpc) is 2.20. The average molecular weight is 177 g/mol. The third kappa shape index (κ3) is 1.80. The second kappa shape index (κ2) is 3.75. The molecule has 70 valence electrons. The molecule has 1 N–H and O–H groups in total. The van der Waals surface area contributed by atoms with E-state index in [2.05, 4.69) is 28.2 Å². The number of hydrogen-bond acceptors (Lipinski definition) is 3. The fourth-order valence-corrected chi connectivity index (χ4v) is 1.71. The lowest BCUT2D eigenvalue weighted by Crippen LogP contribution is -2.50. The van der Waals surface area contributed by atoms with Crippen LogP contribution < -0.4 is 10.2 Å². The van der Waals surface area contributed by atoms with Crippen LogP contribution in [0.15, 0.2) is 24.4 Å². The second-order valence-electron chi connectivity index (χ2n) is 3.43. The van der Waals surface area contributed by atoms with Gasteiger partial charge in [-0.3, -0.25) is 0 Å². The zero-order valence-electron chi connectivity index (χ0n) is 7.90. The summed E-state index contributed by atoms with van der Waals surface area (Å²) in [5.74, 6) is 1.09. The Morgan fingerprint density at radius 2 is 2.46 bits per heavy atom. The lowest BCUT2D eigenvalue weighted by molar-refractivity contribution is 0.497. The number of rotatable bonds is 1. The fourth-order valence-electron chi connectivity index (χ4n) is 1.71. The normalized spacial score (nSPS) is 23.2. The molecule has 1 atom stereocenters. The summed E-state index contributed by atoms with van der Waals surface area (Å²) in [5, 5.41) is 3.36. The van der Waals surface area contributed by atoms with E-state index >= 15 is 0 Å². The molecule has 0 spiro atoms. The summed E-state index contributed by atoms with van der Waals surface area (Å²) in [4.78, 5) is 6.69. The van der Waals surface area contributed by atoms with Crippen molar-refractivity contribution in [3.63, 3.8) is 0 Å². The number of hydrogen-bond donors (Lipinski definition) is 1. The number of nitrogens with one attached hydrogen (secondary N) is 1. The van der Waals surface area contributed by atoms with E-state index in [0.717, 1.165) is 25.5 Å². The van der Waals surface area contributed by atoms with Crippen molar-refractivity contribution in [2.75, 3.05) is 24.5 Å². The highest BCUT2D eigenvalue weighted by molar-refractivity contribution is 5.39. The number of piperazine rings is 1. The Kier molecular flexibility index (Phi) is 2.45. The molecule has 1 aromatic rings. The van der Waals surface area contributed by atoms with Crippen LogP contribution in [0.25, 0.3) is 0 Å². The first-order valence-electron chi connectivity index (χ1n) is 4.76. The number of anilines is 1. The predicted octanol–water partition coefficient (Wildman–Crippen LogP) is 0.880. The summed E-state index contributed by atoms with van der Waals surface area (Å²) in [6, 6.07) is 6.61. The zero-order chi connectivity index (χ0) is 9.10. The first-order valence-corrected chi connectivity index (χ1v) is 4.76. The van der Waals surface area contributed by atoms with Crippen molar-refractivity contribution in [3.05, 3.63) is 24.4 Å². The van der Waals surface area contributed by atoms with E-state index in [4.69, 9.17) is 0 Å². The van der Waals surface area contributed by atoms with Gasteiger partial charge in [0.1, 0.15) is 5.82 Å². The number of aromatic nitrogens is 1. The predicted molar refractivity (Wildman–Crippen MR) is 53.9 cm³/mol. The smallest absolute Gasteiger partial charge is 0.128 e. The molecule has 1 aromatic heterocycles. The van der Waals surface area contributed by atoms with Gasteiger partial charge in [0, 0.05) is 31.9 Å². The molecular weight excluding hydrogens is 162 g/mol. The molecule has 0 unspecified atom stereocenters. The summed E-state index contributed by atoms with van der Waals surface area (Å²) < 4.78 is 0. The van der Waals surface area contributed by atoms with Gasteiger partial charge in [-0.25, -0.2) is 4.98 Å². The highest BCUT2D eigenvalue weighted by Gasteiger charge is 2.18. The highest BCUT2D eigenvalue weighted by Crippen LogP contribution is 2.13. The van der Waals surface area contributed by atoms with Crippen molar-refractivity contribution < 1.29 is 0 Å². The first kappa shape index (κ1) is 8.51. The van der Waals surface area contributed by atoms with Gasteiger partial charge >= 0.3 is 0 Å². The molecule has 0 aromatic carbocycles. The van der Waals surface area contributed by atoms with E-state index in [1.807, 2.05) is 18.3 Å². The largest absolute Gasteiger partial charge is 0.351 e. The Bertz CT molecular complexity index is 260. The van der Waals surface area contributed by atoms with Gasteiger partial charge in [0.05, 0.1) is 0 Å². The monoisotopic (exact) mass is 177 g/mol. The lowest BCUT2D eigenvalue weighted by atomic mass is 10.2. The van der Waals surface area contributed by atoms with Crippen LogP contribution in [0.5, 0.6) is 0 Å². The minimum atomic E-state index is 0.545. The molecular formula is C10H15N3. The maximum absolute atomic E-state index is 4.35. The Morgan fingerprint density at radius 1 is 1.54 bits per heavy atom. The van der Waals surface area contributed by atoms with Gasteiger partial charge in [-0.1, -0.05) is 6.07 Å². The first-order chi connectivity index (χ1) is 6.38. The minimum Gasteiger partial charge on any atom is -0.351 e. The van der Waals surface area contributed by atoms with Gasteiger partial charge in [0.2, 0.25) is 0 Å². The molecule has 0 saturated carbocycles. The fraction of sp³-hybridized carbons (Fsp3) is 0.500. The third-order valence-electron chi connectivity index (χ3n) is 2.44. The minimum absolute atomic E-state index is 0.545. The maximum atomic E-state index is 4.35. The Labute approximate surface area is 78.8 Å². The standard InChI is InChI=1S/C10H15N3/c1-9-8-11-6-7-13(9)10-4-2-3-5-12-10/h2-5,9,11H,6-8H2,1H3/t9-/m0/s1. The molecule has 0 aliphatic carbocycles. The molecule has 1 aliphatic heterocycles. The van der Waals surface area contributed by atoms with E-state index < -0.39 is 0 Å². The van der Waals surface area contributed by atoms with Gasteiger partial charge in [-0.15, -0.1) is 0 Å². The topological polar surface area (TPSA) is 28.2 Å². The van der Waals surface area contributed by atoms with Crippen LogP contribution in [-0.4, -0.2) is 30.7 Å². The van der Waals surface area contributed by atoms with E-state index in [-0.39, 0.29) is 0 Å². The summed E-state index contributed by atoms with van der Waals surface area (Å²) in [6.07, 6.45) is 1.85. The van der Waals surface area contributed by atoms with Crippen LogP contribution in [0.4, 0.5) is 5.82 Å². The van der Waals surface area contributed by atoms with Crippen LogP contribution in [-0.2, 0) is 0 Å². The summed E-state index contributed by atoms with van der Waals surface area (Å²) in [5.41, 5.74) is 0. The molecule has 1 fully saturated rings. The van der Waals surface area contributed by atoms with Crippen LogP contribution in [0.3, 0.4) is 0 Å². The van der Waals surface area contributed by atoms with Crippen molar-refractivity contribution in [2.45, 2.75) is 13.0 Å².